The van der Waals surface area contributed by atoms with E-state index in [1.54, 1.807) is 0 Å². The smallest absolute Gasteiger partial charge is 0.308 e. The van der Waals surface area contributed by atoms with Gasteiger partial charge in [-0.15, -0.1) is 0 Å². The summed E-state index contributed by atoms with van der Waals surface area (Å²) in [6.45, 7) is 8.49. The SMILES string of the molecule is CC(C)CC(CNC(=O)C(CN)CC(C)C)C(=O)O. The molecule has 0 saturated carbocycles. The summed E-state index contributed by atoms with van der Waals surface area (Å²) in [6, 6.07) is 0. The molecule has 2 unspecified atom stereocenters. The Morgan fingerprint density at radius 2 is 1.53 bits per heavy atom. The molecule has 5 nitrogen and oxygen atoms in total. The third kappa shape index (κ3) is 7.82. The maximum atomic E-state index is 11.9. The summed E-state index contributed by atoms with van der Waals surface area (Å²) in [5.41, 5.74) is 5.59. The Hall–Kier alpha value is -1.10. The van der Waals surface area contributed by atoms with E-state index in [1.165, 1.54) is 0 Å². The van der Waals surface area contributed by atoms with Gasteiger partial charge in [0.2, 0.25) is 5.91 Å². The van der Waals surface area contributed by atoms with Crippen LogP contribution in [0.4, 0.5) is 0 Å². The van der Waals surface area contributed by atoms with E-state index < -0.39 is 11.9 Å². The molecule has 0 radical (unpaired) electrons. The molecular formula is C14H28N2O3. The lowest BCUT2D eigenvalue weighted by Gasteiger charge is -2.19. The standard InChI is InChI=1S/C14H28N2O3/c1-9(2)5-11(7-15)13(17)16-8-12(14(18)19)6-10(3)4/h9-12H,5-8,15H2,1-4H3,(H,16,17)(H,18,19). The Bertz CT molecular complexity index is 290. The van der Waals surface area contributed by atoms with Crippen LogP contribution in [0.5, 0.6) is 0 Å². The van der Waals surface area contributed by atoms with E-state index in [9.17, 15) is 9.59 Å². The topological polar surface area (TPSA) is 92.4 Å². The van der Waals surface area contributed by atoms with Gasteiger partial charge in [-0.3, -0.25) is 9.59 Å². The van der Waals surface area contributed by atoms with Crippen molar-refractivity contribution in [2.75, 3.05) is 13.1 Å². The maximum Gasteiger partial charge on any atom is 0.308 e. The van der Waals surface area contributed by atoms with Gasteiger partial charge in [-0.1, -0.05) is 27.7 Å². The Morgan fingerprint density at radius 3 is 1.89 bits per heavy atom. The minimum Gasteiger partial charge on any atom is -0.481 e. The number of nitrogens with one attached hydrogen (secondary N) is 1. The molecule has 0 fully saturated rings. The van der Waals surface area contributed by atoms with E-state index in [0.717, 1.165) is 6.42 Å². The highest BCUT2D eigenvalue weighted by atomic mass is 16.4. The molecule has 0 heterocycles. The summed E-state index contributed by atoms with van der Waals surface area (Å²) in [4.78, 5) is 23.0. The van der Waals surface area contributed by atoms with Crippen molar-refractivity contribution >= 4 is 11.9 Å². The van der Waals surface area contributed by atoms with Crippen LogP contribution in [0.25, 0.3) is 0 Å². The zero-order valence-corrected chi connectivity index (χ0v) is 12.5. The molecule has 0 aliphatic rings. The zero-order valence-electron chi connectivity index (χ0n) is 12.5. The first-order valence-corrected chi connectivity index (χ1v) is 6.98. The van der Waals surface area contributed by atoms with Crippen molar-refractivity contribution in [1.29, 1.82) is 0 Å². The van der Waals surface area contributed by atoms with Gasteiger partial charge in [0.05, 0.1) is 11.8 Å². The summed E-state index contributed by atoms with van der Waals surface area (Å²) in [5, 5.41) is 11.8. The van der Waals surface area contributed by atoms with E-state index in [0.29, 0.717) is 24.8 Å². The summed E-state index contributed by atoms with van der Waals surface area (Å²) < 4.78 is 0. The molecule has 1 amide bonds. The van der Waals surface area contributed by atoms with E-state index in [2.05, 4.69) is 5.32 Å². The number of carboxylic acid groups (broad SMARTS) is 1. The second-order valence-corrected chi connectivity index (χ2v) is 5.97. The highest BCUT2D eigenvalue weighted by Gasteiger charge is 2.22. The van der Waals surface area contributed by atoms with Crippen LogP contribution < -0.4 is 11.1 Å². The summed E-state index contributed by atoms with van der Waals surface area (Å²) in [5.74, 6) is -1.06. The van der Waals surface area contributed by atoms with Crippen molar-refractivity contribution in [3.05, 3.63) is 0 Å². The highest BCUT2D eigenvalue weighted by Crippen LogP contribution is 2.13. The zero-order chi connectivity index (χ0) is 15.0. The predicted molar refractivity (Wildman–Crippen MR) is 75.6 cm³/mol. The number of nitrogens with two attached hydrogens (primary N) is 1. The summed E-state index contributed by atoms with van der Waals surface area (Å²) >= 11 is 0. The van der Waals surface area contributed by atoms with Gasteiger partial charge < -0.3 is 16.2 Å². The Morgan fingerprint density at radius 1 is 1.05 bits per heavy atom. The van der Waals surface area contributed by atoms with Crippen LogP contribution in [-0.4, -0.2) is 30.1 Å². The van der Waals surface area contributed by atoms with Crippen molar-refractivity contribution in [2.24, 2.45) is 29.4 Å². The second-order valence-electron chi connectivity index (χ2n) is 5.97. The molecule has 0 saturated heterocycles. The van der Waals surface area contributed by atoms with Gasteiger partial charge in [0, 0.05) is 13.1 Å². The molecule has 0 spiro atoms. The fourth-order valence-corrected chi connectivity index (χ4v) is 2.09. The van der Waals surface area contributed by atoms with Gasteiger partial charge in [-0.05, 0) is 24.7 Å². The molecular weight excluding hydrogens is 244 g/mol. The minimum atomic E-state index is -0.859. The fourth-order valence-electron chi connectivity index (χ4n) is 2.09. The van der Waals surface area contributed by atoms with Crippen LogP contribution in [0.1, 0.15) is 40.5 Å². The molecule has 5 heteroatoms. The fraction of sp³-hybridized carbons (Fsp3) is 0.857. The lowest BCUT2D eigenvalue weighted by Crippen LogP contribution is -2.40. The van der Waals surface area contributed by atoms with E-state index in [1.807, 2.05) is 27.7 Å². The number of hydrogen-bond donors (Lipinski definition) is 3. The molecule has 0 aliphatic heterocycles. The maximum absolute atomic E-state index is 11.9. The largest absolute Gasteiger partial charge is 0.481 e. The number of amides is 1. The van der Waals surface area contributed by atoms with Crippen LogP contribution >= 0.6 is 0 Å². The minimum absolute atomic E-state index is 0.133. The van der Waals surface area contributed by atoms with E-state index in [-0.39, 0.29) is 18.4 Å². The molecule has 0 aromatic rings. The number of rotatable bonds is 9. The van der Waals surface area contributed by atoms with Gasteiger partial charge >= 0.3 is 5.97 Å². The van der Waals surface area contributed by atoms with Gasteiger partial charge in [0.15, 0.2) is 0 Å². The van der Waals surface area contributed by atoms with Crippen LogP contribution in [0, 0.1) is 23.7 Å². The first-order chi connectivity index (χ1) is 8.77. The first-order valence-electron chi connectivity index (χ1n) is 6.98. The lowest BCUT2D eigenvalue weighted by atomic mass is 9.95. The average Bonchev–Trinajstić information content (AvgIpc) is 2.29. The Labute approximate surface area is 115 Å². The van der Waals surface area contributed by atoms with Gasteiger partial charge in [-0.2, -0.15) is 0 Å². The van der Waals surface area contributed by atoms with Crippen molar-refractivity contribution in [3.63, 3.8) is 0 Å². The van der Waals surface area contributed by atoms with Crippen LogP contribution in [0.3, 0.4) is 0 Å². The van der Waals surface area contributed by atoms with E-state index in [4.69, 9.17) is 10.8 Å². The third-order valence-corrected chi connectivity index (χ3v) is 3.04. The molecule has 0 aliphatic carbocycles. The van der Waals surface area contributed by atoms with Gasteiger partial charge in [0.1, 0.15) is 0 Å². The van der Waals surface area contributed by atoms with Crippen LogP contribution in [0.15, 0.2) is 0 Å². The number of hydrogen-bond acceptors (Lipinski definition) is 3. The molecule has 0 aromatic carbocycles. The van der Waals surface area contributed by atoms with Crippen molar-refractivity contribution in [1.82, 2.24) is 5.32 Å². The monoisotopic (exact) mass is 272 g/mol. The second kappa shape index (κ2) is 8.91. The van der Waals surface area contributed by atoms with Crippen LogP contribution in [-0.2, 0) is 9.59 Å². The molecule has 4 N–H and O–H groups in total. The van der Waals surface area contributed by atoms with Gasteiger partial charge in [-0.25, -0.2) is 0 Å². The number of aliphatic carboxylic acids is 1. The molecule has 0 rings (SSSR count). The first kappa shape index (κ1) is 17.9. The summed E-state index contributed by atoms with van der Waals surface area (Å²) in [7, 11) is 0. The predicted octanol–water partition coefficient (Wildman–Crippen LogP) is 1.47. The van der Waals surface area contributed by atoms with E-state index >= 15 is 0 Å². The normalized spacial score (nSPS) is 14.5. The quantitative estimate of drug-likeness (QED) is 0.592. The Kier molecular flexibility index (Phi) is 8.39. The number of carboxylic acids is 1. The summed E-state index contributed by atoms with van der Waals surface area (Å²) in [6.07, 6.45) is 1.29. The molecule has 0 bridgehead atoms. The third-order valence-electron chi connectivity index (χ3n) is 3.04. The lowest BCUT2D eigenvalue weighted by molar-refractivity contribution is -0.142. The molecule has 0 aromatic heterocycles. The Balaban J connectivity index is 4.33. The van der Waals surface area contributed by atoms with Gasteiger partial charge in [0.25, 0.3) is 0 Å². The van der Waals surface area contributed by atoms with Crippen molar-refractivity contribution < 1.29 is 14.7 Å². The number of carbonyl (C=O) groups excluding carboxylic acids is 1. The highest BCUT2D eigenvalue weighted by molar-refractivity contribution is 5.79. The molecule has 2 atom stereocenters. The molecule has 19 heavy (non-hydrogen) atoms. The van der Waals surface area contributed by atoms with Crippen molar-refractivity contribution in [3.8, 4) is 0 Å². The molecule has 112 valence electrons. The van der Waals surface area contributed by atoms with Crippen molar-refractivity contribution in [2.45, 2.75) is 40.5 Å². The average molecular weight is 272 g/mol. The number of carbonyl (C=O) groups is 2. The van der Waals surface area contributed by atoms with Crippen LogP contribution in [0.2, 0.25) is 0 Å².